The van der Waals surface area contributed by atoms with Gasteiger partial charge in [0.2, 0.25) is 5.91 Å². The molecule has 0 N–H and O–H groups in total. The molecule has 0 fully saturated rings. The van der Waals surface area contributed by atoms with E-state index < -0.39 is 0 Å². The van der Waals surface area contributed by atoms with E-state index in [1.54, 1.807) is 11.9 Å². The van der Waals surface area contributed by atoms with Crippen LogP contribution in [0.5, 0.6) is 0 Å². The number of hydrogen-bond donors (Lipinski definition) is 0. The molecule has 0 saturated carbocycles. The molecule has 0 unspecified atom stereocenters. The lowest BCUT2D eigenvalue weighted by Crippen LogP contribution is -2.37. The molecule has 0 radical (unpaired) electrons. The minimum Gasteiger partial charge on any atom is -0.469 e. The molecule has 110 valence electrons. The Morgan fingerprint density at radius 2 is 1.80 bits per heavy atom. The number of ether oxygens (including phenoxy) is 1. The zero-order valence-electron chi connectivity index (χ0n) is 12.3. The summed E-state index contributed by atoms with van der Waals surface area (Å²) in [6.07, 6.45) is 0.294. The van der Waals surface area contributed by atoms with Crippen molar-refractivity contribution in [2.75, 3.05) is 34.3 Å². The van der Waals surface area contributed by atoms with Crippen LogP contribution in [0.4, 0.5) is 0 Å². The Hall–Kier alpha value is -1.88. The molecule has 0 heterocycles. The summed E-state index contributed by atoms with van der Waals surface area (Å²) in [5.74, 6) is -0.233. The summed E-state index contributed by atoms with van der Waals surface area (Å²) in [4.78, 5) is 26.6. The van der Waals surface area contributed by atoms with Crippen molar-refractivity contribution in [3.05, 3.63) is 35.9 Å². The molecule has 1 rings (SSSR count). The number of likely N-dealkylation sites (N-methyl/N-ethyl adjacent to an activating group) is 2. The van der Waals surface area contributed by atoms with Gasteiger partial charge < -0.3 is 9.64 Å². The maximum atomic E-state index is 12.0. The van der Waals surface area contributed by atoms with Crippen LogP contribution in [0.1, 0.15) is 12.0 Å². The summed E-state index contributed by atoms with van der Waals surface area (Å²) in [7, 11) is 4.96. The third kappa shape index (κ3) is 5.84. The number of amides is 1. The molecule has 0 saturated heterocycles. The van der Waals surface area contributed by atoms with Crippen molar-refractivity contribution in [2.45, 2.75) is 13.0 Å². The highest BCUT2D eigenvalue weighted by molar-refractivity contribution is 5.78. The second kappa shape index (κ2) is 8.32. The fraction of sp³-hybridized carbons (Fsp3) is 0.467. The first-order valence-corrected chi connectivity index (χ1v) is 6.56. The second-order valence-corrected chi connectivity index (χ2v) is 4.80. The molecular formula is C15H22N2O3. The molecule has 0 atom stereocenters. The van der Waals surface area contributed by atoms with Crippen molar-refractivity contribution in [3.8, 4) is 0 Å². The van der Waals surface area contributed by atoms with Crippen LogP contribution in [0.25, 0.3) is 0 Å². The smallest absolute Gasteiger partial charge is 0.306 e. The first-order valence-electron chi connectivity index (χ1n) is 6.56. The summed E-state index contributed by atoms with van der Waals surface area (Å²) in [6.45, 7) is 1.39. The summed E-state index contributed by atoms with van der Waals surface area (Å²) in [5, 5.41) is 0. The van der Waals surface area contributed by atoms with Crippen molar-refractivity contribution in [1.29, 1.82) is 0 Å². The number of carbonyl (C=O) groups excluding carboxylic acids is 2. The minimum atomic E-state index is -0.262. The number of esters is 1. The van der Waals surface area contributed by atoms with Gasteiger partial charge in [0.25, 0.3) is 0 Å². The van der Waals surface area contributed by atoms with Crippen molar-refractivity contribution in [3.63, 3.8) is 0 Å². The molecule has 1 amide bonds. The fourth-order valence-electron chi connectivity index (χ4n) is 1.76. The van der Waals surface area contributed by atoms with E-state index in [-0.39, 0.29) is 11.9 Å². The van der Waals surface area contributed by atoms with E-state index in [1.807, 2.05) is 42.3 Å². The zero-order chi connectivity index (χ0) is 15.0. The van der Waals surface area contributed by atoms with E-state index in [1.165, 1.54) is 7.11 Å². The van der Waals surface area contributed by atoms with Crippen LogP contribution < -0.4 is 0 Å². The Morgan fingerprint density at radius 3 is 2.40 bits per heavy atom. The van der Waals surface area contributed by atoms with Gasteiger partial charge in [0, 0.05) is 20.1 Å². The molecule has 0 spiro atoms. The average molecular weight is 278 g/mol. The second-order valence-electron chi connectivity index (χ2n) is 4.80. The van der Waals surface area contributed by atoms with E-state index in [0.29, 0.717) is 26.1 Å². The van der Waals surface area contributed by atoms with Gasteiger partial charge in [-0.05, 0) is 12.6 Å². The third-order valence-corrected chi connectivity index (χ3v) is 3.02. The molecule has 1 aromatic rings. The molecule has 5 heteroatoms. The molecule has 0 aliphatic carbocycles. The Bertz CT molecular complexity index is 434. The predicted molar refractivity (Wildman–Crippen MR) is 77.0 cm³/mol. The highest BCUT2D eigenvalue weighted by atomic mass is 16.5. The predicted octanol–water partition coefficient (Wildman–Crippen LogP) is 1.14. The van der Waals surface area contributed by atoms with Crippen molar-refractivity contribution >= 4 is 11.9 Å². The first-order chi connectivity index (χ1) is 9.52. The summed E-state index contributed by atoms with van der Waals surface area (Å²) in [6, 6.07) is 9.84. The first kappa shape index (κ1) is 16.2. The Morgan fingerprint density at radius 1 is 1.15 bits per heavy atom. The lowest BCUT2D eigenvalue weighted by molar-refractivity contribution is -0.141. The maximum Gasteiger partial charge on any atom is 0.306 e. The van der Waals surface area contributed by atoms with Gasteiger partial charge in [0.15, 0.2) is 0 Å². The number of carbonyl (C=O) groups is 2. The third-order valence-electron chi connectivity index (χ3n) is 3.02. The fourth-order valence-corrected chi connectivity index (χ4v) is 1.76. The van der Waals surface area contributed by atoms with Gasteiger partial charge in [0.1, 0.15) is 0 Å². The van der Waals surface area contributed by atoms with Crippen LogP contribution in [0.2, 0.25) is 0 Å². The Kier molecular flexibility index (Phi) is 6.73. The normalized spacial score (nSPS) is 10.4. The number of benzene rings is 1. The van der Waals surface area contributed by atoms with Gasteiger partial charge >= 0.3 is 5.97 Å². The lowest BCUT2D eigenvalue weighted by Gasteiger charge is -2.21. The quantitative estimate of drug-likeness (QED) is 0.702. The lowest BCUT2D eigenvalue weighted by atomic mass is 10.2. The Balaban J connectivity index is 2.36. The largest absolute Gasteiger partial charge is 0.469 e. The van der Waals surface area contributed by atoms with Gasteiger partial charge in [-0.15, -0.1) is 0 Å². The summed E-state index contributed by atoms with van der Waals surface area (Å²) < 4.78 is 4.57. The number of hydrogen-bond acceptors (Lipinski definition) is 4. The van der Waals surface area contributed by atoms with Crippen LogP contribution in [0.3, 0.4) is 0 Å². The van der Waals surface area contributed by atoms with Crippen LogP contribution in [-0.2, 0) is 20.9 Å². The van der Waals surface area contributed by atoms with E-state index in [0.717, 1.165) is 5.56 Å². The average Bonchev–Trinajstić information content (AvgIpc) is 2.45. The van der Waals surface area contributed by atoms with Crippen molar-refractivity contribution < 1.29 is 14.3 Å². The Labute approximate surface area is 120 Å². The van der Waals surface area contributed by atoms with E-state index in [4.69, 9.17) is 0 Å². The van der Waals surface area contributed by atoms with E-state index in [9.17, 15) is 9.59 Å². The van der Waals surface area contributed by atoms with Crippen LogP contribution in [-0.4, -0.2) is 56.0 Å². The SMILES string of the molecule is COC(=O)CCN(C)CC(=O)N(C)Cc1ccccc1. The van der Waals surface area contributed by atoms with Gasteiger partial charge in [-0.25, -0.2) is 0 Å². The highest BCUT2D eigenvalue weighted by Gasteiger charge is 2.13. The number of methoxy groups -OCH3 is 1. The zero-order valence-corrected chi connectivity index (χ0v) is 12.3. The van der Waals surface area contributed by atoms with Crippen molar-refractivity contribution in [2.24, 2.45) is 0 Å². The molecular weight excluding hydrogens is 256 g/mol. The van der Waals surface area contributed by atoms with Gasteiger partial charge in [-0.1, -0.05) is 30.3 Å². The van der Waals surface area contributed by atoms with E-state index in [2.05, 4.69) is 4.74 Å². The topological polar surface area (TPSA) is 49.9 Å². The molecule has 1 aromatic carbocycles. The van der Waals surface area contributed by atoms with Gasteiger partial charge in [-0.3, -0.25) is 14.5 Å². The van der Waals surface area contributed by atoms with Gasteiger partial charge in [0.05, 0.1) is 20.1 Å². The molecule has 0 aromatic heterocycles. The highest BCUT2D eigenvalue weighted by Crippen LogP contribution is 2.03. The standard InChI is InChI=1S/C15H22N2O3/c1-16(10-9-15(19)20-3)12-14(18)17(2)11-13-7-5-4-6-8-13/h4-8H,9-12H2,1-3H3. The number of rotatable bonds is 7. The molecule has 0 aliphatic rings. The molecule has 0 bridgehead atoms. The molecule has 20 heavy (non-hydrogen) atoms. The van der Waals surface area contributed by atoms with Crippen LogP contribution >= 0.6 is 0 Å². The van der Waals surface area contributed by atoms with Crippen molar-refractivity contribution in [1.82, 2.24) is 9.80 Å². The maximum absolute atomic E-state index is 12.0. The summed E-state index contributed by atoms with van der Waals surface area (Å²) in [5.41, 5.74) is 1.10. The monoisotopic (exact) mass is 278 g/mol. The minimum absolute atomic E-state index is 0.0289. The van der Waals surface area contributed by atoms with Gasteiger partial charge in [-0.2, -0.15) is 0 Å². The summed E-state index contributed by atoms with van der Waals surface area (Å²) >= 11 is 0. The van der Waals surface area contributed by atoms with Crippen LogP contribution in [0.15, 0.2) is 30.3 Å². The van der Waals surface area contributed by atoms with Crippen LogP contribution in [0, 0.1) is 0 Å². The number of nitrogens with zero attached hydrogens (tertiary/aromatic N) is 2. The molecule has 0 aliphatic heterocycles. The van der Waals surface area contributed by atoms with E-state index >= 15 is 0 Å². The molecule has 5 nitrogen and oxygen atoms in total.